The van der Waals surface area contributed by atoms with Crippen molar-refractivity contribution in [2.45, 2.75) is 19.3 Å². The molecule has 0 amide bonds. The highest BCUT2D eigenvalue weighted by Crippen LogP contribution is 2.26. The van der Waals surface area contributed by atoms with Gasteiger partial charge in [-0.15, -0.1) is 0 Å². The second-order valence-corrected chi connectivity index (χ2v) is 4.43. The number of hydrogen-bond acceptors (Lipinski definition) is 2. The first-order valence-corrected chi connectivity index (χ1v) is 6.28. The molecule has 0 atom stereocenters. The molecule has 80 valence electrons. The smallest absolute Gasteiger partial charge is 0.163 e. The van der Waals surface area contributed by atoms with Crippen LogP contribution in [0, 0.1) is 0 Å². The molecule has 0 aromatic heterocycles. The molecule has 0 saturated carbocycles. The van der Waals surface area contributed by atoms with Crippen LogP contribution in [0.1, 0.15) is 28.8 Å². The number of ether oxygens (including phenoxy) is 1. The summed E-state index contributed by atoms with van der Waals surface area (Å²) in [6, 6.07) is 5.83. The van der Waals surface area contributed by atoms with E-state index in [-0.39, 0.29) is 5.78 Å². The molecule has 0 saturated heterocycles. The van der Waals surface area contributed by atoms with Gasteiger partial charge < -0.3 is 4.74 Å². The van der Waals surface area contributed by atoms with Crippen LogP contribution >= 0.6 is 15.9 Å². The maximum atomic E-state index is 11.5. The lowest BCUT2D eigenvalue weighted by molar-refractivity contribution is 0.0994. The fourth-order valence-corrected chi connectivity index (χ4v) is 1.98. The van der Waals surface area contributed by atoms with Crippen LogP contribution in [0.4, 0.5) is 0 Å². The van der Waals surface area contributed by atoms with Gasteiger partial charge in [0.15, 0.2) is 5.78 Å². The molecule has 2 nitrogen and oxygen atoms in total. The zero-order chi connectivity index (χ0) is 10.7. The predicted molar refractivity (Wildman–Crippen MR) is 63.0 cm³/mol. The quantitative estimate of drug-likeness (QED) is 0.620. The summed E-state index contributed by atoms with van der Waals surface area (Å²) >= 11 is 3.35. The monoisotopic (exact) mass is 268 g/mol. The van der Waals surface area contributed by atoms with Gasteiger partial charge in [0.1, 0.15) is 5.75 Å². The molecule has 15 heavy (non-hydrogen) atoms. The Morgan fingerprint density at radius 2 is 2.20 bits per heavy atom. The molecular weight excluding hydrogens is 256 g/mol. The van der Waals surface area contributed by atoms with E-state index >= 15 is 0 Å². The molecular formula is C12H13BrO2. The Labute approximate surface area is 97.8 Å². The molecule has 3 heteroatoms. The van der Waals surface area contributed by atoms with Gasteiger partial charge in [-0.25, -0.2) is 0 Å². The van der Waals surface area contributed by atoms with E-state index < -0.39 is 0 Å². The third-order valence-electron chi connectivity index (χ3n) is 2.55. The van der Waals surface area contributed by atoms with Crippen LogP contribution in [0.5, 0.6) is 5.75 Å². The minimum atomic E-state index is 0.246. The first kappa shape index (κ1) is 10.7. The summed E-state index contributed by atoms with van der Waals surface area (Å²) in [5.74, 6) is 1.06. The number of Topliss-reactive ketones (excluding diaryl/α,β-unsaturated/α-hetero) is 1. The van der Waals surface area contributed by atoms with E-state index in [1.807, 2.05) is 18.2 Å². The lowest BCUT2D eigenvalue weighted by atomic mass is 10.1. The van der Waals surface area contributed by atoms with Crippen LogP contribution in [-0.2, 0) is 6.42 Å². The van der Waals surface area contributed by atoms with Crippen molar-refractivity contribution in [3.8, 4) is 5.75 Å². The van der Waals surface area contributed by atoms with E-state index in [4.69, 9.17) is 4.74 Å². The number of benzene rings is 1. The van der Waals surface area contributed by atoms with Crippen molar-refractivity contribution in [3.05, 3.63) is 29.3 Å². The average Bonchev–Trinajstić information content (AvgIpc) is 2.61. The van der Waals surface area contributed by atoms with Crippen molar-refractivity contribution in [1.82, 2.24) is 0 Å². The van der Waals surface area contributed by atoms with Crippen LogP contribution in [0.3, 0.4) is 0 Å². The normalized spacial score (nSPS) is 14.1. The highest BCUT2D eigenvalue weighted by molar-refractivity contribution is 9.09. The second kappa shape index (κ2) is 4.79. The Balaban J connectivity index is 2.08. The Bertz CT molecular complexity index is 374. The molecule has 0 fully saturated rings. The molecule has 0 spiro atoms. The Morgan fingerprint density at radius 1 is 1.33 bits per heavy atom. The number of carbonyl (C=O) groups excluding carboxylic acids is 1. The Kier molecular flexibility index (Phi) is 3.41. The van der Waals surface area contributed by atoms with Crippen molar-refractivity contribution >= 4 is 21.7 Å². The maximum absolute atomic E-state index is 11.5. The maximum Gasteiger partial charge on any atom is 0.163 e. The number of rotatable bonds is 4. The van der Waals surface area contributed by atoms with Gasteiger partial charge in [-0.3, -0.25) is 4.79 Å². The lowest BCUT2D eigenvalue weighted by Crippen LogP contribution is -1.99. The first-order chi connectivity index (χ1) is 7.31. The predicted octanol–water partition coefficient (Wildman–Crippen LogP) is 2.98. The number of alkyl halides is 1. The third kappa shape index (κ3) is 2.40. The number of carbonyl (C=O) groups is 1. The largest absolute Gasteiger partial charge is 0.494 e. The molecule has 0 N–H and O–H groups in total. The van der Waals surface area contributed by atoms with Crippen LogP contribution in [-0.4, -0.2) is 17.7 Å². The van der Waals surface area contributed by atoms with Gasteiger partial charge in [-0.05, 0) is 30.5 Å². The van der Waals surface area contributed by atoms with E-state index in [2.05, 4.69) is 15.9 Å². The molecule has 0 bridgehead atoms. The SMILES string of the molecule is O=C1CCc2ccc(OCCCBr)cc21. The number of halogens is 1. The van der Waals surface area contributed by atoms with Crippen LogP contribution in [0.25, 0.3) is 0 Å². The minimum Gasteiger partial charge on any atom is -0.494 e. The van der Waals surface area contributed by atoms with Gasteiger partial charge in [0.25, 0.3) is 0 Å². The van der Waals surface area contributed by atoms with Crippen LogP contribution in [0.15, 0.2) is 18.2 Å². The molecule has 0 unspecified atom stereocenters. The number of fused-ring (bicyclic) bond motifs is 1. The highest BCUT2D eigenvalue weighted by atomic mass is 79.9. The molecule has 1 aliphatic carbocycles. The van der Waals surface area contributed by atoms with Crippen molar-refractivity contribution in [2.24, 2.45) is 0 Å². The van der Waals surface area contributed by atoms with E-state index in [1.54, 1.807) is 0 Å². The van der Waals surface area contributed by atoms with Gasteiger partial charge in [-0.2, -0.15) is 0 Å². The molecule has 1 aromatic rings. The minimum absolute atomic E-state index is 0.246. The summed E-state index contributed by atoms with van der Waals surface area (Å²) in [7, 11) is 0. The average molecular weight is 269 g/mol. The van der Waals surface area contributed by atoms with Crippen molar-refractivity contribution < 1.29 is 9.53 Å². The zero-order valence-corrected chi connectivity index (χ0v) is 10.0. The Hall–Kier alpha value is -0.830. The standard InChI is InChI=1S/C12H13BrO2/c13-6-1-7-15-10-4-2-9-3-5-12(14)11(9)8-10/h2,4,8H,1,3,5-7H2. The van der Waals surface area contributed by atoms with Gasteiger partial charge in [0.05, 0.1) is 6.61 Å². The summed E-state index contributed by atoms with van der Waals surface area (Å²) in [6.07, 6.45) is 2.51. The van der Waals surface area contributed by atoms with Crippen molar-refractivity contribution in [3.63, 3.8) is 0 Å². The molecule has 0 aliphatic heterocycles. The summed E-state index contributed by atoms with van der Waals surface area (Å²) in [6.45, 7) is 0.693. The van der Waals surface area contributed by atoms with E-state index in [9.17, 15) is 4.79 Å². The molecule has 0 radical (unpaired) electrons. The van der Waals surface area contributed by atoms with Gasteiger partial charge in [0, 0.05) is 17.3 Å². The van der Waals surface area contributed by atoms with Crippen molar-refractivity contribution in [1.29, 1.82) is 0 Å². The topological polar surface area (TPSA) is 26.3 Å². The molecule has 0 heterocycles. The number of hydrogen-bond donors (Lipinski definition) is 0. The summed E-state index contributed by atoms with van der Waals surface area (Å²) < 4.78 is 5.54. The van der Waals surface area contributed by atoms with Crippen LogP contribution < -0.4 is 4.74 Å². The van der Waals surface area contributed by atoms with Crippen LogP contribution in [0.2, 0.25) is 0 Å². The summed E-state index contributed by atoms with van der Waals surface area (Å²) in [5.41, 5.74) is 2.01. The van der Waals surface area contributed by atoms with E-state index in [0.29, 0.717) is 13.0 Å². The van der Waals surface area contributed by atoms with E-state index in [1.165, 1.54) is 0 Å². The Morgan fingerprint density at radius 3 is 3.00 bits per heavy atom. The van der Waals surface area contributed by atoms with Crippen molar-refractivity contribution in [2.75, 3.05) is 11.9 Å². The lowest BCUT2D eigenvalue weighted by Gasteiger charge is -2.06. The van der Waals surface area contributed by atoms with E-state index in [0.717, 1.165) is 35.0 Å². The highest BCUT2D eigenvalue weighted by Gasteiger charge is 2.19. The second-order valence-electron chi connectivity index (χ2n) is 3.63. The first-order valence-electron chi connectivity index (χ1n) is 5.16. The third-order valence-corrected chi connectivity index (χ3v) is 3.11. The molecule has 2 rings (SSSR count). The molecule has 1 aliphatic rings. The fourth-order valence-electron chi connectivity index (χ4n) is 1.75. The fraction of sp³-hybridized carbons (Fsp3) is 0.417. The molecule has 1 aromatic carbocycles. The number of ketones is 1. The van der Waals surface area contributed by atoms with Gasteiger partial charge >= 0.3 is 0 Å². The zero-order valence-electron chi connectivity index (χ0n) is 8.46. The summed E-state index contributed by atoms with van der Waals surface area (Å²) in [4.78, 5) is 11.5. The van der Waals surface area contributed by atoms with Gasteiger partial charge in [-0.1, -0.05) is 22.0 Å². The summed E-state index contributed by atoms with van der Waals surface area (Å²) in [5, 5.41) is 0.941. The number of aryl methyl sites for hydroxylation is 1. The van der Waals surface area contributed by atoms with Gasteiger partial charge in [0.2, 0.25) is 0 Å².